The van der Waals surface area contributed by atoms with E-state index in [1.54, 1.807) is 21.3 Å². The van der Waals surface area contributed by atoms with Gasteiger partial charge < -0.3 is 14.2 Å². The van der Waals surface area contributed by atoms with Gasteiger partial charge in [-0.05, 0) is 78.8 Å². The molecule has 1 aliphatic carbocycles. The first-order chi connectivity index (χ1) is 15.3. The topological polar surface area (TPSA) is 42.6 Å². The Labute approximate surface area is 187 Å². The molecule has 0 fully saturated rings. The molecule has 4 aromatic carbocycles. The summed E-state index contributed by atoms with van der Waals surface area (Å²) in [7, 11) is 1.78. The molecule has 0 spiro atoms. The fourth-order valence-electron chi connectivity index (χ4n) is 4.64. The molecular weight excluding hydrogens is 395 g/mol. The van der Waals surface area contributed by atoms with Gasteiger partial charge in [0.15, 0.2) is 0 Å². The molecule has 0 saturated carbocycles. The van der Waals surface area contributed by atoms with Gasteiger partial charge in [0.25, 0.3) is 0 Å². The number of rotatable bonds is 4. The number of fused-ring (bicyclic) bond motifs is 7. The zero-order valence-electron chi connectivity index (χ0n) is 18.7. The van der Waals surface area contributed by atoms with Crippen LogP contribution in [-0.2, 0) is 4.65 Å². The molecule has 5 aromatic rings. The molecule has 1 heterocycles. The van der Waals surface area contributed by atoms with Gasteiger partial charge in [-0.25, -0.2) is 0 Å². The monoisotopic (exact) mass is 419 g/mol. The summed E-state index contributed by atoms with van der Waals surface area (Å²) in [5.41, 5.74) is 6.07. The van der Waals surface area contributed by atoms with Crippen LogP contribution in [0.3, 0.4) is 0 Å². The van der Waals surface area contributed by atoms with E-state index in [9.17, 15) is 5.11 Å². The summed E-state index contributed by atoms with van der Waals surface area (Å²) >= 11 is 0. The molecule has 1 N–H and O–H groups in total. The van der Waals surface area contributed by atoms with E-state index in [0.29, 0.717) is 0 Å². The Morgan fingerprint density at radius 3 is 2.28 bits per heavy atom. The molecule has 4 heteroatoms. The van der Waals surface area contributed by atoms with Crippen molar-refractivity contribution in [3.05, 3.63) is 66.7 Å². The quantitative estimate of drug-likeness (QED) is 0.346. The molecule has 0 aliphatic heterocycles. The fourth-order valence-corrected chi connectivity index (χ4v) is 4.64. The highest BCUT2D eigenvalue weighted by molar-refractivity contribution is 6.52. The second kappa shape index (κ2) is 6.47. The number of furan rings is 1. The summed E-state index contributed by atoms with van der Waals surface area (Å²) in [6.45, 7) is 7.34. The lowest BCUT2D eigenvalue weighted by Gasteiger charge is -2.37. The van der Waals surface area contributed by atoms with Crippen LogP contribution in [0.5, 0.6) is 0 Å². The van der Waals surface area contributed by atoms with Crippen molar-refractivity contribution >= 4 is 45.7 Å². The largest absolute Gasteiger partial charge is 0.456 e. The first-order valence-electron chi connectivity index (χ1n) is 11.0. The molecule has 0 bridgehead atoms. The van der Waals surface area contributed by atoms with Gasteiger partial charge in [0, 0.05) is 16.3 Å². The molecule has 0 saturated heterocycles. The molecule has 32 heavy (non-hydrogen) atoms. The minimum atomic E-state index is -0.970. The molecule has 6 rings (SSSR count). The van der Waals surface area contributed by atoms with Gasteiger partial charge >= 0.3 is 7.48 Å². The zero-order valence-corrected chi connectivity index (χ0v) is 18.7. The summed E-state index contributed by atoms with van der Waals surface area (Å²) in [6, 6.07) is 23.2. The lowest BCUT2D eigenvalue weighted by molar-refractivity contribution is -0.0893. The Balaban J connectivity index is 1.55. The summed E-state index contributed by atoms with van der Waals surface area (Å²) in [5, 5.41) is 15.2. The third kappa shape index (κ3) is 2.63. The summed E-state index contributed by atoms with van der Waals surface area (Å²) in [6.07, 6.45) is 0. The van der Waals surface area contributed by atoms with Gasteiger partial charge in [-0.3, -0.25) is 0 Å². The molecule has 1 aromatic heterocycles. The van der Waals surface area contributed by atoms with E-state index in [-0.39, 0.29) is 0 Å². The lowest BCUT2D eigenvalue weighted by atomic mass is 9.79. The maximum atomic E-state index is 10.5. The van der Waals surface area contributed by atoms with Crippen molar-refractivity contribution in [3.8, 4) is 22.3 Å². The van der Waals surface area contributed by atoms with Crippen molar-refractivity contribution in [2.75, 3.05) is 0 Å². The van der Waals surface area contributed by atoms with Crippen molar-refractivity contribution in [2.45, 2.75) is 38.9 Å². The fraction of sp³-hybridized carbons (Fsp3) is 0.214. The number of aliphatic hydroxyl groups is 1. The van der Waals surface area contributed by atoms with Gasteiger partial charge in [0.1, 0.15) is 11.2 Å². The Morgan fingerprint density at radius 2 is 1.47 bits per heavy atom. The zero-order chi connectivity index (χ0) is 22.3. The standard InChI is InChI=1S/C28H24BO3/c1-27(2,30)28(3,4)32-29-21-14-12-16-17-13-15-23-26(19-8-5-6-11-22(19)31-23)25(17)20-10-7-9-18(21)24(16)20/h5-15,30H,1-4H3. The second-order valence-corrected chi connectivity index (χ2v) is 9.69. The van der Waals surface area contributed by atoms with Crippen molar-refractivity contribution < 1.29 is 14.2 Å². The Kier molecular flexibility index (Phi) is 3.96. The molecular formula is C28H24BO3. The third-order valence-corrected chi connectivity index (χ3v) is 7.13. The summed E-state index contributed by atoms with van der Waals surface area (Å²) < 4.78 is 12.2. The second-order valence-electron chi connectivity index (χ2n) is 9.69. The van der Waals surface area contributed by atoms with Gasteiger partial charge in [-0.2, -0.15) is 0 Å². The van der Waals surface area contributed by atoms with E-state index >= 15 is 0 Å². The van der Waals surface area contributed by atoms with Gasteiger partial charge in [-0.15, -0.1) is 0 Å². The molecule has 0 unspecified atom stereocenters. The number of para-hydroxylation sites is 1. The molecule has 3 nitrogen and oxygen atoms in total. The van der Waals surface area contributed by atoms with Gasteiger partial charge in [0.2, 0.25) is 0 Å². The van der Waals surface area contributed by atoms with E-state index in [4.69, 9.17) is 9.07 Å². The highest BCUT2D eigenvalue weighted by Crippen LogP contribution is 2.51. The van der Waals surface area contributed by atoms with Crippen LogP contribution in [0, 0.1) is 0 Å². The molecule has 1 radical (unpaired) electrons. The average molecular weight is 419 g/mol. The molecule has 157 valence electrons. The Bertz CT molecular complexity index is 1540. The number of hydrogen-bond donors (Lipinski definition) is 1. The van der Waals surface area contributed by atoms with E-state index in [0.717, 1.165) is 27.4 Å². The van der Waals surface area contributed by atoms with Crippen LogP contribution in [-0.4, -0.2) is 23.8 Å². The van der Waals surface area contributed by atoms with Crippen LogP contribution >= 0.6 is 0 Å². The van der Waals surface area contributed by atoms with Crippen LogP contribution < -0.4 is 5.46 Å². The minimum Gasteiger partial charge on any atom is -0.456 e. The minimum absolute atomic E-state index is 0.722. The van der Waals surface area contributed by atoms with Crippen molar-refractivity contribution in [1.29, 1.82) is 0 Å². The number of hydrogen-bond acceptors (Lipinski definition) is 3. The smallest absolute Gasteiger partial charge is 0.331 e. The average Bonchev–Trinajstić information content (AvgIpc) is 3.29. The SMILES string of the molecule is CC(C)(O)C(C)(C)O[B]c1ccc2c3c(cccc13)-c1c-2ccc2oc3ccccc3c12. The van der Waals surface area contributed by atoms with Crippen LogP contribution in [0.25, 0.3) is 55.0 Å². The van der Waals surface area contributed by atoms with Crippen LogP contribution in [0.4, 0.5) is 0 Å². The molecule has 0 amide bonds. The van der Waals surface area contributed by atoms with Gasteiger partial charge in [-0.1, -0.05) is 48.5 Å². The summed E-state index contributed by atoms with van der Waals surface area (Å²) in [4.78, 5) is 0. The normalized spacial score (nSPS) is 13.3. The highest BCUT2D eigenvalue weighted by atomic mass is 16.5. The van der Waals surface area contributed by atoms with Crippen molar-refractivity contribution in [2.24, 2.45) is 0 Å². The van der Waals surface area contributed by atoms with Crippen LogP contribution in [0.15, 0.2) is 71.1 Å². The first kappa shape index (κ1) is 19.6. The third-order valence-electron chi connectivity index (χ3n) is 7.13. The van der Waals surface area contributed by atoms with E-state index in [1.807, 2.05) is 26.0 Å². The number of benzene rings is 4. The van der Waals surface area contributed by atoms with Crippen molar-refractivity contribution in [3.63, 3.8) is 0 Å². The predicted molar refractivity (Wildman–Crippen MR) is 133 cm³/mol. The highest BCUT2D eigenvalue weighted by Gasteiger charge is 2.36. The molecule has 1 aliphatic rings. The van der Waals surface area contributed by atoms with Crippen LogP contribution in [0.1, 0.15) is 27.7 Å². The van der Waals surface area contributed by atoms with Crippen LogP contribution in [0.2, 0.25) is 0 Å². The Morgan fingerprint density at radius 1 is 0.719 bits per heavy atom. The first-order valence-corrected chi connectivity index (χ1v) is 11.0. The van der Waals surface area contributed by atoms with Gasteiger partial charge in [0.05, 0.1) is 11.2 Å². The summed E-state index contributed by atoms with van der Waals surface area (Å²) in [5.74, 6) is 0. The van der Waals surface area contributed by atoms with E-state index < -0.39 is 11.2 Å². The maximum absolute atomic E-state index is 10.5. The van der Waals surface area contributed by atoms with E-state index in [2.05, 4.69) is 54.6 Å². The maximum Gasteiger partial charge on any atom is 0.331 e. The molecule has 0 atom stereocenters. The van der Waals surface area contributed by atoms with Crippen molar-refractivity contribution in [1.82, 2.24) is 0 Å². The Hall–Kier alpha value is -3.08. The lowest BCUT2D eigenvalue weighted by Crippen LogP contribution is -2.49. The predicted octanol–water partition coefficient (Wildman–Crippen LogP) is 6.20. The van der Waals surface area contributed by atoms with E-state index in [1.165, 1.54) is 33.0 Å².